The van der Waals surface area contributed by atoms with Gasteiger partial charge in [-0.25, -0.2) is 0 Å². The molecule has 18 heavy (non-hydrogen) atoms. The number of nitrogens with zero attached hydrogens (tertiary/aromatic N) is 2. The van der Waals surface area contributed by atoms with Crippen LogP contribution in [0.25, 0.3) is 0 Å². The van der Waals surface area contributed by atoms with Gasteiger partial charge in [0, 0.05) is 31.7 Å². The van der Waals surface area contributed by atoms with Crippen LogP contribution in [0.1, 0.15) is 37.7 Å². The van der Waals surface area contributed by atoms with Gasteiger partial charge in [0.25, 0.3) is 0 Å². The highest BCUT2D eigenvalue weighted by Crippen LogP contribution is 2.34. The highest BCUT2D eigenvalue weighted by atomic mass is 15.1. The molecule has 0 saturated heterocycles. The average Bonchev–Trinajstić information content (AvgIpc) is 2.40. The van der Waals surface area contributed by atoms with Crippen molar-refractivity contribution in [2.75, 3.05) is 38.6 Å². The van der Waals surface area contributed by atoms with E-state index in [1.807, 2.05) is 0 Å². The summed E-state index contributed by atoms with van der Waals surface area (Å²) in [6.45, 7) is 5.87. The third kappa shape index (κ3) is 3.05. The van der Waals surface area contributed by atoms with E-state index in [9.17, 15) is 0 Å². The van der Waals surface area contributed by atoms with E-state index in [1.54, 1.807) is 0 Å². The molecule has 0 radical (unpaired) electrons. The second kappa shape index (κ2) is 6.24. The minimum atomic E-state index is 0.708. The molecule has 1 atom stereocenters. The van der Waals surface area contributed by atoms with Gasteiger partial charge in [-0.2, -0.15) is 0 Å². The molecule has 1 heterocycles. The standard InChI is InChI=1S/C16H26N2/c1-4-5-11-17(2)13-14-10-12-18(3)16-9-7-6-8-15(14)16/h6-9,14H,4-5,10-13H2,1-3H3. The van der Waals surface area contributed by atoms with Gasteiger partial charge < -0.3 is 9.80 Å². The van der Waals surface area contributed by atoms with Crippen LogP contribution in [0.4, 0.5) is 5.69 Å². The summed E-state index contributed by atoms with van der Waals surface area (Å²) in [5, 5.41) is 0. The van der Waals surface area contributed by atoms with E-state index in [1.165, 1.54) is 50.1 Å². The number of benzene rings is 1. The van der Waals surface area contributed by atoms with Gasteiger partial charge in [-0.05, 0) is 38.1 Å². The second-order valence-corrected chi connectivity index (χ2v) is 5.58. The van der Waals surface area contributed by atoms with Crippen LogP contribution in [0.3, 0.4) is 0 Å². The second-order valence-electron chi connectivity index (χ2n) is 5.58. The molecule has 0 saturated carbocycles. The topological polar surface area (TPSA) is 6.48 Å². The number of para-hydroxylation sites is 1. The Kier molecular flexibility index (Phi) is 4.65. The molecule has 100 valence electrons. The molecule has 0 spiro atoms. The van der Waals surface area contributed by atoms with Crippen molar-refractivity contribution in [1.29, 1.82) is 0 Å². The molecular formula is C16H26N2. The van der Waals surface area contributed by atoms with Crippen molar-refractivity contribution in [3.8, 4) is 0 Å². The monoisotopic (exact) mass is 246 g/mol. The van der Waals surface area contributed by atoms with Crippen molar-refractivity contribution < 1.29 is 0 Å². The fourth-order valence-electron chi connectivity index (χ4n) is 2.89. The molecular weight excluding hydrogens is 220 g/mol. The van der Waals surface area contributed by atoms with E-state index >= 15 is 0 Å². The van der Waals surface area contributed by atoms with Gasteiger partial charge in [-0.1, -0.05) is 31.5 Å². The first-order valence-corrected chi connectivity index (χ1v) is 7.21. The van der Waals surface area contributed by atoms with E-state index in [-0.39, 0.29) is 0 Å². The molecule has 0 aromatic heterocycles. The van der Waals surface area contributed by atoms with E-state index in [4.69, 9.17) is 0 Å². The molecule has 2 nitrogen and oxygen atoms in total. The zero-order valence-corrected chi connectivity index (χ0v) is 12.0. The van der Waals surface area contributed by atoms with Crippen LogP contribution < -0.4 is 4.90 Å². The summed E-state index contributed by atoms with van der Waals surface area (Å²) in [5.74, 6) is 0.708. The molecule has 0 N–H and O–H groups in total. The third-order valence-corrected chi connectivity index (χ3v) is 4.03. The van der Waals surface area contributed by atoms with Crippen LogP contribution in [-0.2, 0) is 0 Å². The van der Waals surface area contributed by atoms with Crippen molar-refractivity contribution >= 4 is 5.69 Å². The maximum Gasteiger partial charge on any atom is 0.0399 e. The Morgan fingerprint density at radius 2 is 2.11 bits per heavy atom. The van der Waals surface area contributed by atoms with E-state index < -0.39 is 0 Å². The zero-order chi connectivity index (χ0) is 13.0. The van der Waals surface area contributed by atoms with Crippen LogP contribution in [0, 0.1) is 0 Å². The lowest BCUT2D eigenvalue weighted by Gasteiger charge is -2.35. The molecule has 1 aromatic rings. The van der Waals surface area contributed by atoms with Crippen molar-refractivity contribution in [2.24, 2.45) is 0 Å². The molecule has 2 heteroatoms. The summed E-state index contributed by atoms with van der Waals surface area (Å²) in [6, 6.07) is 8.90. The Labute approximate surface area is 112 Å². The van der Waals surface area contributed by atoms with Gasteiger partial charge in [0.2, 0.25) is 0 Å². The summed E-state index contributed by atoms with van der Waals surface area (Å²) in [7, 11) is 4.46. The number of anilines is 1. The minimum Gasteiger partial charge on any atom is -0.374 e. The van der Waals surface area contributed by atoms with Crippen LogP contribution in [0.15, 0.2) is 24.3 Å². The maximum absolute atomic E-state index is 2.50. The minimum absolute atomic E-state index is 0.708. The summed E-state index contributed by atoms with van der Waals surface area (Å²) in [6.07, 6.45) is 3.88. The maximum atomic E-state index is 2.50. The van der Waals surface area contributed by atoms with Gasteiger partial charge >= 0.3 is 0 Å². The van der Waals surface area contributed by atoms with Gasteiger partial charge in [0.1, 0.15) is 0 Å². The van der Waals surface area contributed by atoms with Crippen LogP contribution >= 0.6 is 0 Å². The van der Waals surface area contributed by atoms with Crippen molar-refractivity contribution in [2.45, 2.75) is 32.1 Å². The largest absolute Gasteiger partial charge is 0.374 e. The average molecular weight is 246 g/mol. The summed E-state index contributed by atoms with van der Waals surface area (Å²) < 4.78 is 0. The van der Waals surface area contributed by atoms with Crippen molar-refractivity contribution in [3.05, 3.63) is 29.8 Å². The lowest BCUT2D eigenvalue weighted by molar-refractivity contribution is 0.298. The van der Waals surface area contributed by atoms with Crippen LogP contribution in [0.5, 0.6) is 0 Å². The predicted octanol–water partition coefficient (Wildman–Crippen LogP) is 3.34. The predicted molar refractivity (Wildman–Crippen MR) is 79.5 cm³/mol. The lowest BCUT2D eigenvalue weighted by Crippen LogP contribution is -2.33. The Morgan fingerprint density at radius 1 is 1.33 bits per heavy atom. The van der Waals surface area contributed by atoms with E-state index in [2.05, 4.69) is 55.1 Å². The quantitative estimate of drug-likeness (QED) is 0.786. The fourth-order valence-corrected chi connectivity index (χ4v) is 2.89. The Bertz CT molecular complexity index is 375. The normalized spacial score (nSPS) is 19.1. The van der Waals surface area contributed by atoms with E-state index in [0.717, 1.165) is 0 Å². The Morgan fingerprint density at radius 3 is 2.89 bits per heavy atom. The number of hydrogen-bond donors (Lipinski definition) is 0. The summed E-state index contributed by atoms with van der Waals surface area (Å²) in [4.78, 5) is 4.88. The van der Waals surface area contributed by atoms with Gasteiger partial charge in [0.05, 0.1) is 0 Å². The third-order valence-electron chi connectivity index (χ3n) is 4.03. The zero-order valence-electron chi connectivity index (χ0n) is 12.0. The van der Waals surface area contributed by atoms with Gasteiger partial charge in [-0.15, -0.1) is 0 Å². The molecule has 1 aliphatic heterocycles. The summed E-state index contributed by atoms with van der Waals surface area (Å²) in [5.41, 5.74) is 2.97. The summed E-state index contributed by atoms with van der Waals surface area (Å²) >= 11 is 0. The Hall–Kier alpha value is -1.02. The highest BCUT2D eigenvalue weighted by molar-refractivity contribution is 5.56. The van der Waals surface area contributed by atoms with E-state index in [0.29, 0.717) is 5.92 Å². The fraction of sp³-hybridized carbons (Fsp3) is 0.625. The Balaban J connectivity index is 2.04. The van der Waals surface area contributed by atoms with Crippen molar-refractivity contribution in [3.63, 3.8) is 0 Å². The molecule has 0 aliphatic carbocycles. The van der Waals surface area contributed by atoms with Crippen LogP contribution in [-0.4, -0.2) is 38.6 Å². The van der Waals surface area contributed by atoms with Gasteiger partial charge in [0.15, 0.2) is 0 Å². The van der Waals surface area contributed by atoms with Gasteiger partial charge in [-0.3, -0.25) is 0 Å². The first kappa shape index (κ1) is 13.4. The molecule has 2 rings (SSSR count). The molecule has 0 amide bonds. The number of hydrogen-bond acceptors (Lipinski definition) is 2. The van der Waals surface area contributed by atoms with Crippen molar-refractivity contribution in [1.82, 2.24) is 4.90 Å². The number of rotatable bonds is 5. The SMILES string of the molecule is CCCCN(C)CC1CCN(C)c2ccccc21. The highest BCUT2D eigenvalue weighted by Gasteiger charge is 2.23. The smallest absolute Gasteiger partial charge is 0.0399 e. The molecule has 1 aliphatic rings. The molecule has 1 unspecified atom stereocenters. The molecule has 0 fully saturated rings. The molecule has 1 aromatic carbocycles. The van der Waals surface area contributed by atoms with Crippen LogP contribution in [0.2, 0.25) is 0 Å². The number of fused-ring (bicyclic) bond motifs is 1. The number of likely N-dealkylation sites (N-methyl/N-ethyl adjacent to an activating group) is 1. The number of unbranched alkanes of at least 4 members (excludes halogenated alkanes) is 1. The first-order valence-electron chi connectivity index (χ1n) is 7.21. The first-order chi connectivity index (χ1) is 8.72. The molecule has 0 bridgehead atoms. The lowest BCUT2D eigenvalue weighted by atomic mass is 9.89.